The normalized spacial score (nSPS) is 5.57. The molecule has 0 aromatic carbocycles. The Hall–Kier alpha value is -0.410. The smallest absolute Gasteiger partial charge is 0.295 e. The molecule has 0 aliphatic carbocycles. The van der Waals surface area contributed by atoms with Crippen LogP contribution in [0.15, 0.2) is 12.7 Å². The molecular formula is C3H4ClFO2. The molecule has 0 aliphatic rings. The third-order valence-corrected chi connectivity index (χ3v) is 0.160. The minimum Gasteiger partial charge on any atom is -0.295 e. The molecule has 0 unspecified atom stereocenters. The van der Waals surface area contributed by atoms with Gasteiger partial charge in [0.25, 0.3) is 0 Å². The molecule has 7 heavy (non-hydrogen) atoms. The van der Waals surface area contributed by atoms with Crippen LogP contribution in [0.4, 0.5) is 4.39 Å². The molecule has 0 fully saturated rings. The molecule has 0 bridgehead atoms. The summed E-state index contributed by atoms with van der Waals surface area (Å²) in [6.07, 6.45) is 0.611. The SMILES string of the molecule is C=CC(=O)F.OCl. The molecule has 0 radical (unpaired) electrons. The molecule has 4 heteroatoms. The van der Waals surface area contributed by atoms with Crippen LogP contribution in [0.2, 0.25) is 0 Å². The molecule has 1 N–H and O–H groups in total. The van der Waals surface area contributed by atoms with E-state index in [1.54, 1.807) is 0 Å². The van der Waals surface area contributed by atoms with Crippen molar-refractivity contribution in [2.75, 3.05) is 0 Å². The van der Waals surface area contributed by atoms with Crippen molar-refractivity contribution in [3.63, 3.8) is 0 Å². The first-order chi connectivity index (χ1) is 3.27. The van der Waals surface area contributed by atoms with Crippen LogP contribution in [-0.4, -0.2) is 10.7 Å². The Morgan fingerprint density at radius 3 is 2.00 bits per heavy atom. The maximum Gasteiger partial charge on any atom is 0.324 e. The molecule has 0 spiro atoms. The van der Waals surface area contributed by atoms with Crippen molar-refractivity contribution in [2.45, 2.75) is 0 Å². The van der Waals surface area contributed by atoms with Gasteiger partial charge in [-0.15, -0.1) is 0 Å². The fraction of sp³-hybridized carbons (Fsp3) is 0. The molecule has 0 amide bonds. The monoisotopic (exact) mass is 126 g/mol. The summed E-state index contributed by atoms with van der Waals surface area (Å²) in [5, 5.41) is 0. The van der Waals surface area contributed by atoms with Gasteiger partial charge in [0.2, 0.25) is 0 Å². The standard InChI is InChI=1S/C3H3FO.ClHO/c1-2-3(4)5;1-2/h2H,1H2;2H. The molecule has 0 saturated heterocycles. The van der Waals surface area contributed by atoms with Crippen LogP contribution in [0.25, 0.3) is 0 Å². The van der Waals surface area contributed by atoms with E-state index in [0.717, 1.165) is 0 Å². The second-order valence-electron chi connectivity index (χ2n) is 0.508. The average Bonchev–Trinajstić information content (AvgIpc) is 1.73. The number of carbonyl (C=O) groups excluding carboxylic acids is 1. The average molecular weight is 127 g/mol. The summed E-state index contributed by atoms with van der Waals surface area (Å²) < 4.78 is 17.1. The summed E-state index contributed by atoms with van der Waals surface area (Å²) in [5.41, 5.74) is 0. The van der Waals surface area contributed by atoms with Gasteiger partial charge in [-0.05, 0) is 0 Å². The molecule has 0 atom stereocenters. The maximum absolute atomic E-state index is 10.7. The lowest BCUT2D eigenvalue weighted by Crippen LogP contribution is -1.70. The zero-order valence-corrected chi connectivity index (χ0v) is 4.15. The van der Waals surface area contributed by atoms with Crippen LogP contribution in [0, 0.1) is 0 Å². The minimum absolute atomic E-state index is 0.611. The van der Waals surface area contributed by atoms with E-state index < -0.39 is 6.04 Å². The van der Waals surface area contributed by atoms with Crippen LogP contribution in [0.3, 0.4) is 0 Å². The summed E-state index contributed by atoms with van der Waals surface area (Å²) in [4.78, 5) is 9.03. The van der Waals surface area contributed by atoms with Crippen molar-refractivity contribution in [1.82, 2.24) is 0 Å². The summed E-state index contributed by atoms with van der Waals surface area (Å²) in [5.74, 6) is 0. The van der Waals surface area contributed by atoms with Crippen molar-refractivity contribution in [2.24, 2.45) is 0 Å². The van der Waals surface area contributed by atoms with Crippen LogP contribution in [0.1, 0.15) is 0 Å². The van der Waals surface area contributed by atoms with Gasteiger partial charge in [0.1, 0.15) is 0 Å². The first-order valence-corrected chi connectivity index (χ1v) is 1.60. The molecule has 0 aromatic rings. The van der Waals surface area contributed by atoms with Gasteiger partial charge in [-0.3, -0.25) is 9.45 Å². The third kappa shape index (κ3) is 28.5. The fourth-order valence-corrected chi connectivity index (χ4v) is 0. The van der Waals surface area contributed by atoms with Crippen molar-refractivity contribution < 1.29 is 13.8 Å². The second kappa shape index (κ2) is 9.14. The number of hydrogen-bond donors (Lipinski definition) is 1. The Bertz CT molecular complexity index is 64.0. The van der Waals surface area contributed by atoms with Gasteiger partial charge in [0, 0.05) is 6.08 Å². The summed E-state index contributed by atoms with van der Waals surface area (Å²) in [7, 11) is 0. The van der Waals surface area contributed by atoms with E-state index in [-0.39, 0.29) is 0 Å². The van der Waals surface area contributed by atoms with Gasteiger partial charge < -0.3 is 0 Å². The predicted molar refractivity (Wildman–Crippen MR) is 24.4 cm³/mol. The fourth-order valence-electron chi connectivity index (χ4n) is 0. The third-order valence-electron chi connectivity index (χ3n) is 0.160. The van der Waals surface area contributed by atoms with Gasteiger partial charge in [0.15, 0.2) is 0 Å². The highest BCUT2D eigenvalue weighted by atomic mass is 35.5. The quantitative estimate of drug-likeness (QED) is 0.417. The number of allylic oxidation sites excluding steroid dienone is 1. The Morgan fingerprint density at radius 1 is 1.86 bits per heavy atom. The lowest BCUT2D eigenvalue weighted by Gasteiger charge is -1.57. The van der Waals surface area contributed by atoms with E-state index in [1.807, 2.05) is 0 Å². The zero-order valence-electron chi connectivity index (χ0n) is 3.40. The van der Waals surface area contributed by atoms with Gasteiger partial charge in [0.05, 0.1) is 11.9 Å². The van der Waals surface area contributed by atoms with E-state index in [4.69, 9.17) is 9.45 Å². The molecule has 0 aliphatic heterocycles. The zero-order chi connectivity index (χ0) is 6.28. The summed E-state index contributed by atoms with van der Waals surface area (Å²) in [6, 6.07) is -1.48. The Morgan fingerprint density at radius 2 is 2.00 bits per heavy atom. The Kier molecular flexibility index (Phi) is 12.8. The Balaban J connectivity index is 0. The highest BCUT2D eigenvalue weighted by molar-refractivity contribution is 6.04. The van der Waals surface area contributed by atoms with E-state index in [0.29, 0.717) is 6.08 Å². The molecule has 0 rings (SSSR count). The molecule has 0 aromatic heterocycles. The van der Waals surface area contributed by atoms with Crippen molar-refractivity contribution >= 4 is 17.9 Å². The van der Waals surface area contributed by atoms with E-state index >= 15 is 0 Å². The second-order valence-corrected chi connectivity index (χ2v) is 0.508. The van der Waals surface area contributed by atoms with Crippen LogP contribution >= 0.6 is 11.9 Å². The first kappa shape index (κ1) is 9.77. The molecular weight excluding hydrogens is 122 g/mol. The topological polar surface area (TPSA) is 37.3 Å². The van der Waals surface area contributed by atoms with E-state index in [2.05, 4.69) is 18.4 Å². The number of halogens is 2. The number of rotatable bonds is 1. The molecule has 0 saturated carbocycles. The van der Waals surface area contributed by atoms with Crippen molar-refractivity contribution in [3.05, 3.63) is 12.7 Å². The highest BCUT2D eigenvalue weighted by Gasteiger charge is 1.77. The molecule has 0 heterocycles. The lowest BCUT2D eigenvalue weighted by atomic mass is 10.7. The lowest BCUT2D eigenvalue weighted by molar-refractivity contribution is -0.124. The van der Waals surface area contributed by atoms with Gasteiger partial charge in [-0.2, -0.15) is 4.39 Å². The largest absolute Gasteiger partial charge is 0.324 e. The first-order valence-electron chi connectivity index (χ1n) is 1.26. The molecule has 2 nitrogen and oxygen atoms in total. The minimum atomic E-state index is -1.48. The maximum atomic E-state index is 10.7. The van der Waals surface area contributed by atoms with Crippen LogP contribution < -0.4 is 0 Å². The van der Waals surface area contributed by atoms with Crippen LogP contribution in [-0.2, 0) is 4.79 Å². The summed E-state index contributed by atoms with van der Waals surface area (Å²) in [6.45, 7) is 2.84. The Labute approximate surface area is 45.4 Å². The number of hydrogen-bond acceptors (Lipinski definition) is 2. The molecule has 42 valence electrons. The van der Waals surface area contributed by atoms with E-state index in [1.165, 1.54) is 0 Å². The van der Waals surface area contributed by atoms with Crippen molar-refractivity contribution in [1.29, 1.82) is 0 Å². The van der Waals surface area contributed by atoms with Gasteiger partial charge >= 0.3 is 6.04 Å². The number of carbonyl (C=O) groups is 1. The van der Waals surface area contributed by atoms with E-state index in [9.17, 15) is 4.39 Å². The predicted octanol–water partition coefficient (Wildman–Crippen LogP) is 0.801. The summed E-state index contributed by atoms with van der Waals surface area (Å²) >= 11 is 3.64. The highest BCUT2D eigenvalue weighted by Crippen LogP contribution is 1.66. The van der Waals surface area contributed by atoms with Crippen molar-refractivity contribution in [3.8, 4) is 0 Å². The van der Waals surface area contributed by atoms with Crippen LogP contribution in [0.5, 0.6) is 0 Å². The van der Waals surface area contributed by atoms with Gasteiger partial charge in [-0.25, -0.2) is 0 Å². The van der Waals surface area contributed by atoms with Gasteiger partial charge in [-0.1, -0.05) is 6.58 Å².